The van der Waals surface area contributed by atoms with Crippen LogP contribution in [-0.2, 0) is 0 Å². The Morgan fingerprint density at radius 1 is 1.50 bits per heavy atom. The Hall–Kier alpha value is -1.22. The molecule has 0 bridgehead atoms. The van der Waals surface area contributed by atoms with E-state index in [1.54, 1.807) is 11.8 Å². The summed E-state index contributed by atoms with van der Waals surface area (Å²) in [4.78, 5) is 13.0. The molecule has 1 aliphatic rings. The maximum Gasteiger partial charge on any atom is 0.252 e. The molecule has 0 aliphatic heterocycles. The molecular weight excluding hydrogens is 218 g/mol. The fraction of sp³-hybridized carbons (Fsp3) is 0.308. The second-order valence-electron chi connectivity index (χ2n) is 3.84. The average molecular weight is 233 g/mol. The highest BCUT2D eigenvalue weighted by Crippen LogP contribution is 2.24. The van der Waals surface area contributed by atoms with E-state index in [1.807, 2.05) is 30.3 Å². The Balaban J connectivity index is 2.10. The average Bonchev–Trinajstić information content (AvgIpc) is 3.10. The molecule has 0 unspecified atom stereocenters. The van der Waals surface area contributed by atoms with Gasteiger partial charge in [0.15, 0.2) is 0 Å². The van der Waals surface area contributed by atoms with Gasteiger partial charge in [-0.25, -0.2) is 0 Å². The summed E-state index contributed by atoms with van der Waals surface area (Å²) in [5.74, 6) is 0.878. The molecule has 1 fully saturated rings. The molecule has 0 aromatic heterocycles. The SMILES string of the molecule is C=CCSc1ccccc1C(=O)NC1CC1. The molecule has 2 nitrogen and oxygen atoms in total. The van der Waals surface area contributed by atoms with Gasteiger partial charge in [-0.15, -0.1) is 18.3 Å². The first-order valence-electron chi connectivity index (χ1n) is 5.45. The zero-order chi connectivity index (χ0) is 11.4. The van der Waals surface area contributed by atoms with E-state index in [0.29, 0.717) is 6.04 Å². The summed E-state index contributed by atoms with van der Waals surface area (Å²) in [5, 5.41) is 3.01. The minimum Gasteiger partial charge on any atom is -0.349 e. The van der Waals surface area contributed by atoms with Crippen LogP contribution in [0.2, 0.25) is 0 Å². The number of carbonyl (C=O) groups is 1. The van der Waals surface area contributed by atoms with Crippen molar-refractivity contribution in [1.29, 1.82) is 0 Å². The molecular formula is C13H15NOS. The first kappa shape index (κ1) is 11.3. The second kappa shape index (κ2) is 5.21. The summed E-state index contributed by atoms with van der Waals surface area (Å²) in [6.45, 7) is 3.69. The van der Waals surface area contributed by atoms with Crippen molar-refractivity contribution in [2.45, 2.75) is 23.8 Å². The maximum absolute atomic E-state index is 11.9. The first-order chi connectivity index (χ1) is 7.81. The minimum absolute atomic E-state index is 0.0506. The molecule has 0 spiro atoms. The Morgan fingerprint density at radius 2 is 2.25 bits per heavy atom. The van der Waals surface area contributed by atoms with Crippen LogP contribution < -0.4 is 5.32 Å². The third-order valence-electron chi connectivity index (χ3n) is 2.40. The van der Waals surface area contributed by atoms with Crippen molar-refractivity contribution in [3.8, 4) is 0 Å². The Bertz CT molecular complexity index is 399. The van der Waals surface area contributed by atoms with E-state index in [1.165, 1.54) is 0 Å². The quantitative estimate of drug-likeness (QED) is 0.626. The zero-order valence-electron chi connectivity index (χ0n) is 9.11. The number of rotatable bonds is 5. The molecule has 0 heterocycles. The zero-order valence-corrected chi connectivity index (χ0v) is 9.93. The van der Waals surface area contributed by atoms with Crippen molar-refractivity contribution >= 4 is 17.7 Å². The van der Waals surface area contributed by atoms with Gasteiger partial charge in [0.25, 0.3) is 5.91 Å². The fourth-order valence-electron chi connectivity index (χ4n) is 1.42. The van der Waals surface area contributed by atoms with Crippen LogP contribution >= 0.6 is 11.8 Å². The number of hydrogen-bond acceptors (Lipinski definition) is 2. The predicted octanol–water partition coefficient (Wildman–Crippen LogP) is 2.86. The van der Waals surface area contributed by atoms with E-state index in [2.05, 4.69) is 11.9 Å². The van der Waals surface area contributed by atoms with Gasteiger partial charge >= 0.3 is 0 Å². The molecule has 0 atom stereocenters. The molecule has 2 rings (SSSR count). The van der Waals surface area contributed by atoms with Gasteiger partial charge in [0.1, 0.15) is 0 Å². The number of amides is 1. The minimum atomic E-state index is 0.0506. The van der Waals surface area contributed by atoms with Crippen molar-refractivity contribution in [3.63, 3.8) is 0 Å². The van der Waals surface area contributed by atoms with E-state index in [9.17, 15) is 4.79 Å². The summed E-state index contributed by atoms with van der Waals surface area (Å²) in [7, 11) is 0. The summed E-state index contributed by atoms with van der Waals surface area (Å²) in [6, 6.07) is 8.13. The molecule has 1 N–H and O–H groups in total. The topological polar surface area (TPSA) is 29.1 Å². The highest BCUT2D eigenvalue weighted by atomic mass is 32.2. The van der Waals surface area contributed by atoms with Gasteiger partial charge in [-0.05, 0) is 25.0 Å². The van der Waals surface area contributed by atoms with Crippen molar-refractivity contribution < 1.29 is 4.79 Å². The van der Waals surface area contributed by atoms with E-state index in [0.717, 1.165) is 29.1 Å². The Morgan fingerprint density at radius 3 is 2.94 bits per heavy atom. The summed E-state index contributed by atoms with van der Waals surface area (Å²) >= 11 is 1.64. The van der Waals surface area contributed by atoms with E-state index >= 15 is 0 Å². The van der Waals surface area contributed by atoms with Crippen molar-refractivity contribution in [2.75, 3.05) is 5.75 Å². The molecule has 1 saturated carbocycles. The van der Waals surface area contributed by atoms with Gasteiger partial charge in [-0.2, -0.15) is 0 Å². The van der Waals surface area contributed by atoms with Crippen LogP contribution in [0.1, 0.15) is 23.2 Å². The lowest BCUT2D eigenvalue weighted by molar-refractivity contribution is 0.0948. The number of hydrogen-bond donors (Lipinski definition) is 1. The van der Waals surface area contributed by atoms with Gasteiger partial charge in [-0.3, -0.25) is 4.79 Å². The molecule has 3 heteroatoms. The summed E-state index contributed by atoms with van der Waals surface area (Å²) < 4.78 is 0. The number of benzene rings is 1. The second-order valence-corrected chi connectivity index (χ2v) is 4.91. The molecule has 0 saturated heterocycles. The molecule has 1 amide bonds. The lowest BCUT2D eigenvalue weighted by Crippen LogP contribution is -2.25. The van der Waals surface area contributed by atoms with Gasteiger partial charge in [0, 0.05) is 16.7 Å². The third kappa shape index (κ3) is 2.89. The Kier molecular flexibility index (Phi) is 3.67. The molecule has 1 aromatic carbocycles. The Labute approximate surface area is 100 Å². The number of thioether (sulfide) groups is 1. The predicted molar refractivity (Wildman–Crippen MR) is 67.9 cm³/mol. The number of carbonyl (C=O) groups excluding carboxylic acids is 1. The molecule has 16 heavy (non-hydrogen) atoms. The highest BCUT2D eigenvalue weighted by molar-refractivity contribution is 7.99. The summed E-state index contributed by atoms with van der Waals surface area (Å²) in [5.41, 5.74) is 0.779. The van der Waals surface area contributed by atoms with Gasteiger partial charge < -0.3 is 5.32 Å². The van der Waals surface area contributed by atoms with Crippen LogP contribution in [0.25, 0.3) is 0 Å². The van der Waals surface area contributed by atoms with Crippen molar-refractivity contribution in [1.82, 2.24) is 5.32 Å². The maximum atomic E-state index is 11.9. The summed E-state index contributed by atoms with van der Waals surface area (Å²) in [6.07, 6.45) is 4.08. The van der Waals surface area contributed by atoms with Crippen LogP contribution in [0.4, 0.5) is 0 Å². The smallest absolute Gasteiger partial charge is 0.252 e. The van der Waals surface area contributed by atoms with Crippen molar-refractivity contribution in [2.24, 2.45) is 0 Å². The van der Waals surface area contributed by atoms with Crippen LogP contribution in [0.15, 0.2) is 41.8 Å². The lowest BCUT2D eigenvalue weighted by Gasteiger charge is -2.08. The first-order valence-corrected chi connectivity index (χ1v) is 6.43. The fourth-order valence-corrected chi connectivity index (χ4v) is 2.21. The normalized spacial score (nSPS) is 14.5. The molecule has 1 aromatic rings. The molecule has 0 radical (unpaired) electrons. The monoisotopic (exact) mass is 233 g/mol. The van der Waals surface area contributed by atoms with Crippen LogP contribution in [0.5, 0.6) is 0 Å². The van der Waals surface area contributed by atoms with Crippen LogP contribution in [0.3, 0.4) is 0 Å². The molecule has 1 aliphatic carbocycles. The van der Waals surface area contributed by atoms with Crippen molar-refractivity contribution in [3.05, 3.63) is 42.5 Å². The third-order valence-corrected chi connectivity index (χ3v) is 3.47. The van der Waals surface area contributed by atoms with E-state index < -0.39 is 0 Å². The van der Waals surface area contributed by atoms with Gasteiger partial charge in [0.05, 0.1) is 5.56 Å². The van der Waals surface area contributed by atoms with Crippen LogP contribution in [0, 0.1) is 0 Å². The number of nitrogens with one attached hydrogen (secondary N) is 1. The highest BCUT2D eigenvalue weighted by Gasteiger charge is 2.24. The standard InChI is InChI=1S/C13H15NOS/c1-2-9-16-12-6-4-3-5-11(12)13(15)14-10-7-8-10/h2-6,10H,1,7-9H2,(H,14,15). The van der Waals surface area contributed by atoms with Crippen LogP contribution in [-0.4, -0.2) is 17.7 Å². The largest absolute Gasteiger partial charge is 0.349 e. The lowest BCUT2D eigenvalue weighted by atomic mass is 10.2. The van der Waals surface area contributed by atoms with E-state index in [-0.39, 0.29) is 5.91 Å². The van der Waals surface area contributed by atoms with Gasteiger partial charge in [0.2, 0.25) is 0 Å². The molecule has 84 valence electrons. The van der Waals surface area contributed by atoms with E-state index in [4.69, 9.17) is 0 Å². The van der Waals surface area contributed by atoms with Gasteiger partial charge in [-0.1, -0.05) is 18.2 Å².